The molecule has 5 heteroatoms. The fourth-order valence-electron chi connectivity index (χ4n) is 2.77. The highest BCUT2D eigenvalue weighted by atomic mass is 16.6. The number of nitrogens with one attached hydrogen (secondary N) is 1. The van der Waals surface area contributed by atoms with Gasteiger partial charge in [-0.15, -0.1) is 0 Å². The summed E-state index contributed by atoms with van der Waals surface area (Å²) in [6.45, 7) is 5.90. The topological polar surface area (TPSA) is 58.6 Å². The van der Waals surface area contributed by atoms with Crippen LogP contribution in [0, 0.1) is 5.41 Å². The number of ether oxygens (including phenoxy) is 1. The third kappa shape index (κ3) is 2.83. The van der Waals surface area contributed by atoms with Gasteiger partial charge in [-0.2, -0.15) is 0 Å². The lowest BCUT2D eigenvalue weighted by atomic mass is 9.71. The number of likely N-dealkylation sites (tertiary alicyclic amines) is 1. The summed E-state index contributed by atoms with van der Waals surface area (Å²) in [4.78, 5) is 24.9. The molecule has 0 radical (unpaired) electrons. The van der Waals surface area contributed by atoms with Crippen molar-refractivity contribution in [1.82, 2.24) is 10.2 Å². The lowest BCUT2D eigenvalue weighted by Crippen LogP contribution is -2.49. The molecule has 2 heterocycles. The van der Waals surface area contributed by atoms with Gasteiger partial charge in [-0.05, 0) is 24.7 Å². The van der Waals surface area contributed by atoms with Gasteiger partial charge >= 0.3 is 6.09 Å². The molecule has 2 amide bonds. The van der Waals surface area contributed by atoms with Crippen molar-refractivity contribution in [3.63, 3.8) is 0 Å². The number of piperidine rings is 2. The molecule has 0 atom stereocenters. The number of amides is 2. The molecule has 0 aromatic carbocycles. The molecule has 0 aliphatic carbocycles. The molecule has 2 saturated heterocycles. The lowest BCUT2D eigenvalue weighted by molar-refractivity contribution is -0.126. The van der Waals surface area contributed by atoms with Crippen molar-refractivity contribution in [3.05, 3.63) is 12.7 Å². The quantitative estimate of drug-likeness (QED) is 0.754. The smallest absolute Gasteiger partial charge is 0.410 e. The molecule has 1 N–H and O–H groups in total. The summed E-state index contributed by atoms with van der Waals surface area (Å²) in [5, 5.41) is 2.86. The molecule has 2 aliphatic heterocycles. The summed E-state index contributed by atoms with van der Waals surface area (Å²) in [7, 11) is 0. The van der Waals surface area contributed by atoms with E-state index in [-0.39, 0.29) is 24.0 Å². The van der Waals surface area contributed by atoms with Gasteiger partial charge in [-0.1, -0.05) is 12.7 Å². The Bertz CT molecular complexity index is 346. The minimum absolute atomic E-state index is 0.109. The predicted octanol–water partition coefficient (Wildman–Crippen LogP) is 1.30. The van der Waals surface area contributed by atoms with Gasteiger partial charge in [-0.3, -0.25) is 4.79 Å². The molecule has 100 valence electrons. The zero-order valence-corrected chi connectivity index (χ0v) is 10.6. The molecule has 5 nitrogen and oxygen atoms in total. The third-order valence-corrected chi connectivity index (χ3v) is 3.92. The van der Waals surface area contributed by atoms with E-state index in [1.54, 1.807) is 11.0 Å². The Morgan fingerprint density at radius 3 is 2.78 bits per heavy atom. The van der Waals surface area contributed by atoms with Gasteiger partial charge in [0.1, 0.15) is 6.61 Å². The van der Waals surface area contributed by atoms with Crippen LogP contribution in [0.4, 0.5) is 4.79 Å². The monoisotopic (exact) mass is 252 g/mol. The van der Waals surface area contributed by atoms with Gasteiger partial charge in [-0.25, -0.2) is 4.79 Å². The third-order valence-electron chi connectivity index (χ3n) is 3.92. The van der Waals surface area contributed by atoms with E-state index in [1.165, 1.54) is 0 Å². The second kappa shape index (κ2) is 5.42. The minimum atomic E-state index is -0.273. The average Bonchev–Trinajstić information content (AvgIpc) is 2.36. The van der Waals surface area contributed by atoms with Crippen LogP contribution in [0.25, 0.3) is 0 Å². The van der Waals surface area contributed by atoms with Crippen molar-refractivity contribution in [1.29, 1.82) is 0 Å². The molecule has 0 aromatic heterocycles. The van der Waals surface area contributed by atoms with Crippen molar-refractivity contribution in [3.8, 4) is 0 Å². The normalized spacial score (nSPS) is 22.4. The molecule has 1 spiro atoms. The van der Waals surface area contributed by atoms with Crippen LogP contribution in [0.1, 0.15) is 25.7 Å². The number of carbonyl (C=O) groups is 2. The van der Waals surface area contributed by atoms with E-state index in [4.69, 9.17) is 4.74 Å². The molecular formula is C13H20N2O3. The van der Waals surface area contributed by atoms with Crippen molar-refractivity contribution < 1.29 is 14.3 Å². The van der Waals surface area contributed by atoms with Gasteiger partial charge in [0.15, 0.2) is 0 Å². The molecule has 0 bridgehead atoms. The fourth-order valence-corrected chi connectivity index (χ4v) is 2.77. The van der Waals surface area contributed by atoms with Crippen LogP contribution in [-0.2, 0) is 9.53 Å². The second-order valence-electron chi connectivity index (χ2n) is 5.13. The molecule has 0 unspecified atom stereocenters. The predicted molar refractivity (Wildman–Crippen MR) is 67.0 cm³/mol. The van der Waals surface area contributed by atoms with Crippen LogP contribution >= 0.6 is 0 Å². The van der Waals surface area contributed by atoms with Crippen LogP contribution in [-0.4, -0.2) is 43.1 Å². The average molecular weight is 252 g/mol. The van der Waals surface area contributed by atoms with Crippen molar-refractivity contribution in [2.45, 2.75) is 25.7 Å². The zero-order valence-electron chi connectivity index (χ0n) is 10.6. The van der Waals surface area contributed by atoms with Crippen molar-refractivity contribution >= 4 is 12.0 Å². The SMILES string of the molecule is C=CCOC(=O)N1CCC2(CCNC(=O)C2)CC1. The maximum Gasteiger partial charge on any atom is 0.410 e. The number of nitrogens with zero attached hydrogens (tertiary/aromatic N) is 1. The van der Waals surface area contributed by atoms with E-state index in [1.807, 2.05) is 0 Å². The molecule has 0 saturated carbocycles. The summed E-state index contributed by atoms with van der Waals surface area (Å²) in [5.74, 6) is 0.143. The summed E-state index contributed by atoms with van der Waals surface area (Å²) in [5.41, 5.74) is 0.109. The van der Waals surface area contributed by atoms with Gasteiger partial charge in [0.05, 0.1) is 0 Å². The standard InChI is InChI=1S/C13H20N2O3/c1-2-9-18-12(17)15-7-4-13(5-8-15)3-6-14-11(16)10-13/h2H,1,3-10H2,(H,14,16). The van der Waals surface area contributed by atoms with Gasteiger partial charge in [0.2, 0.25) is 5.91 Å². The van der Waals surface area contributed by atoms with Crippen LogP contribution in [0.2, 0.25) is 0 Å². The zero-order chi connectivity index (χ0) is 13.0. The summed E-state index contributed by atoms with van der Waals surface area (Å²) >= 11 is 0. The van der Waals surface area contributed by atoms with Gasteiger partial charge in [0, 0.05) is 26.1 Å². The highest BCUT2D eigenvalue weighted by Crippen LogP contribution is 2.39. The van der Waals surface area contributed by atoms with Crippen LogP contribution in [0.5, 0.6) is 0 Å². The molecule has 18 heavy (non-hydrogen) atoms. The fraction of sp³-hybridized carbons (Fsp3) is 0.692. The van der Waals surface area contributed by atoms with Crippen molar-refractivity contribution in [2.24, 2.45) is 5.41 Å². The Hall–Kier alpha value is -1.52. The van der Waals surface area contributed by atoms with Crippen LogP contribution < -0.4 is 5.32 Å². The van der Waals surface area contributed by atoms with Crippen LogP contribution in [0.15, 0.2) is 12.7 Å². The highest BCUT2D eigenvalue weighted by molar-refractivity contribution is 5.77. The van der Waals surface area contributed by atoms with Gasteiger partial charge < -0.3 is 15.0 Å². The first kappa shape index (κ1) is 12.9. The number of rotatable bonds is 2. The molecule has 2 fully saturated rings. The lowest BCUT2D eigenvalue weighted by Gasteiger charge is -2.43. The Labute approximate surface area is 107 Å². The van der Waals surface area contributed by atoms with Crippen LogP contribution in [0.3, 0.4) is 0 Å². The van der Waals surface area contributed by atoms with E-state index in [2.05, 4.69) is 11.9 Å². The number of carbonyl (C=O) groups excluding carboxylic acids is 2. The number of hydrogen-bond acceptors (Lipinski definition) is 3. The second-order valence-corrected chi connectivity index (χ2v) is 5.13. The molecule has 2 rings (SSSR count). The summed E-state index contributed by atoms with van der Waals surface area (Å²) in [6.07, 6.45) is 4.70. The molecule has 2 aliphatic rings. The minimum Gasteiger partial charge on any atom is -0.445 e. The Morgan fingerprint density at radius 2 is 2.17 bits per heavy atom. The molecule has 0 aromatic rings. The summed E-state index contributed by atoms with van der Waals surface area (Å²) in [6, 6.07) is 0. The Morgan fingerprint density at radius 1 is 1.44 bits per heavy atom. The first-order chi connectivity index (χ1) is 8.65. The maximum atomic E-state index is 11.7. The van der Waals surface area contributed by atoms with E-state index < -0.39 is 0 Å². The highest BCUT2D eigenvalue weighted by Gasteiger charge is 2.39. The number of hydrogen-bond donors (Lipinski definition) is 1. The Balaban J connectivity index is 1.85. The first-order valence-electron chi connectivity index (χ1n) is 6.44. The van der Waals surface area contributed by atoms with Crippen molar-refractivity contribution in [2.75, 3.05) is 26.2 Å². The largest absolute Gasteiger partial charge is 0.445 e. The Kier molecular flexibility index (Phi) is 3.89. The van der Waals surface area contributed by atoms with E-state index in [9.17, 15) is 9.59 Å². The van der Waals surface area contributed by atoms with Gasteiger partial charge in [0.25, 0.3) is 0 Å². The molecular weight excluding hydrogens is 232 g/mol. The first-order valence-corrected chi connectivity index (χ1v) is 6.44. The summed E-state index contributed by atoms with van der Waals surface area (Å²) < 4.78 is 5.02. The van der Waals surface area contributed by atoms with E-state index in [0.29, 0.717) is 19.5 Å². The maximum absolute atomic E-state index is 11.7. The van der Waals surface area contributed by atoms with E-state index >= 15 is 0 Å². The van der Waals surface area contributed by atoms with E-state index in [0.717, 1.165) is 25.8 Å².